The van der Waals surface area contributed by atoms with Crippen molar-refractivity contribution in [2.75, 3.05) is 7.11 Å². The number of hydrogen-bond acceptors (Lipinski definition) is 6. The molecule has 1 aromatic carbocycles. The number of non-ortho nitro benzene ring substituents is 1. The number of hydrazone groups is 1. The van der Waals surface area contributed by atoms with Gasteiger partial charge >= 0.3 is 0 Å². The van der Waals surface area contributed by atoms with Crippen molar-refractivity contribution in [3.63, 3.8) is 0 Å². The van der Waals surface area contributed by atoms with E-state index >= 15 is 0 Å². The fourth-order valence-electron chi connectivity index (χ4n) is 1.57. The molecule has 2 aromatic rings. The summed E-state index contributed by atoms with van der Waals surface area (Å²) in [5.74, 6) is 0.0472. The van der Waals surface area contributed by atoms with Gasteiger partial charge in [-0.2, -0.15) is 5.10 Å². The molecule has 8 heteroatoms. The molecule has 2 rings (SSSR count). The summed E-state index contributed by atoms with van der Waals surface area (Å²) in [5.41, 5.74) is 2.05. The van der Waals surface area contributed by atoms with Gasteiger partial charge in [-0.3, -0.25) is 14.9 Å². The largest absolute Gasteiger partial charge is 0.496 e. The maximum absolute atomic E-state index is 12.0. The van der Waals surface area contributed by atoms with Crippen LogP contribution in [0.25, 0.3) is 0 Å². The molecule has 0 aliphatic heterocycles. The molecule has 0 atom stereocenters. The van der Waals surface area contributed by atoms with Gasteiger partial charge in [0.15, 0.2) is 0 Å². The molecule has 0 aliphatic rings. The third-order valence-corrected chi connectivity index (χ3v) is 2.54. The van der Waals surface area contributed by atoms with Gasteiger partial charge in [0.05, 0.1) is 30.1 Å². The van der Waals surface area contributed by atoms with E-state index in [1.165, 1.54) is 31.7 Å². The molecular formula is C13H11N3O5. The molecule has 0 fully saturated rings. The average Bonchev–Trinajstić information content (AvgIpc) is 2.99. The lowest BCUT2D eigenvalue weighted by molar-refractivity contribution is -0.384. The highest BCUT2D eigenvalue weighted by molar-refractivity contribution is 5.98. The fourth-order valence-corrected chi connectivity index (χ4v) is 1.57. The molecule has 0 bridgehead atoms. The van der Waals surface area contributed by atoms with Gasteiger partial charge in [-0.05, 0) is 18.2 Å². The molecule has 1 amide bonds. The Hall–Kier alpha value is -3.16. The van der Waals surface area contributed by atoms with E-state index in [2.05, 4.69) is 10.5 Å². The van der Waals surface area contributed by atoms with Gasteiger partial charge in [0.2, 0.25) is 0 Å². The SMILES string of the molecule is COc1ccc([N+](=O)[O-])cc1C(=O)N/N=C\c1ccco1. The number of nitro benzene ring substituents is 1. The summed E-state index contributed by atoms with van der Waals surface area (Å²) in [5, 5.41) is 14.4. The van der Waals surface area contributed by atoms with E-state index in [1.807, 2.05) is 0 Å². The Balaban J connectivity index is 2.17. The number of methoxy groups -OCH3 is 1. The first-order valence-corrected chi connectivity index (χ1v) is 5.81. The summed E-state index contributed by atoms with van der Waals surface area (Å²) in [6, 6.07) is 7.05. The maximum atomic E-state index is 12.0. The molecule has 0 saturated carbocycles. The Morgan fingerprint density at radius 2 is 2.29 bits per heavy atom. The van der Waals surface area contributed by atoms with Crippen LogP contribution in [0.2, 0.25) is 0 Å². The molecule has 108 valence electrons. The first-order chi connectivity index (χ1) is 10.1. The zero-order chi connectivity index (χ0) is 15.2. The third kappa shape index (κ3) is 3.44. The molecule has 0 spiro atoms. The first kappa shape index (κ1) is 14.3. The van der Waals surface area contributed by atoms with Crippen molar-refractivity contribution in [2.45, 2.75) is 0 Å². The topological polar surface area (TPSA) is 107 Å². The molecular weight excluding hydrogens is 278 g/mol. The van der Waals surface area contributed by atoms with Crippen LogP contribution in [0.15, 0.2) is 46.1 Å². The van der Waals surface area contributed by atoms with Crippen molar-refractivity contribution in [1.29, 1.82) is 0 Å². The van der Waals surface area contributed by atoms with Crippen LogP contribution in [0.5, 0.6) is 5.75 Å². The Morgan fingerprint density at radius 1 is 1.48 bits per heavy atom. The highest BCUT2D eigenvalue weighted by atomic mass is 16.6. The first-order valence-electron chi connectivity index (χ1n) is 5.81. The molecule has 1 aromatic heterocycles. The predicted octanol–water partition coefficient (Wildman–Crippen LogP) is 1.96. The summed E-state index contributed by atoms with van der Waals surface area (Å²) >= 11 is 0. The van der Waals surface area contributed by atoms with Crippen molar-refractivity contribution >= 4 is 17.8 Å². The lowest BCUT2D eigenvalue weighted by atomic mass is 10.1. The van der Waals surface area contributed by atoms with Crippen molar-refractivity contribution in [3.05, 3.63) is 58.0 Å². The smallest absolute Gasteiger partial charge is 0.275 e. The maximum Gasteiger partial charge on any atom is 0.275 e. The van der Waals surface area contributed by atoms with Crippen molar-refractivity contribution in [2.24, 2.45) is 5.10 Å². The van der Waals surface area contributed by atoms with Crippen LogP contribution < -0.4 is 10.2 Å². The summed E-state index contributed by atoms with van der Waals surface area (Å²) in [6.07, 6.45) is 2.77. The van der Waals surface area contributed by atoms with Gasteiger partial charge < -0.3 is 9.15 Å². The molecule has 0 radical (unpaired) electrons. The van der Waals surface area contributed by atoms with Gasteiger partial charge in [0, 0.05) is 12.1 Å². The standard InChI is InChI=1S/C13H11N3O5/c1-20-12-5-4-9(16(18)19)7-11(12)13(17)15-14-8-10-3-2-6-21-10/h2-8H,1H3,(H,15,17)/b14-8-. The van der Waals surface area contributed by atoms with Crippen molar-refractivity contribution in [3.8, 4) is 5.75 Å². The molecule has 0 saturated heterocycles. The second-order valence-electron chi connectivity index (χ2n) is 3.86. The minimum absolute atomic E-state index is 0.0169. The number of carbonyl (C=O) groups excluding carboxylic acids is 1. The van der Waals surface area contributed by atoms with Crippen LogP contribution in [0.1, 0.15) is 16.1 Å². The second kappa shape index (κ2) is 6.33. The highest BCUT2D eigenvalue weighted by Gasteiger charge is 2.17. The van der Waals surface area contributed by atoms with Gasteiger partial charge in [0.1, 0.15) is 11.5 Å². The van der Waals surface area contributed by atoms with E-state index in [0.29, 0.717) is 5.76 Å². The quantitative estimate of drug-likeness (QED) is 0.514. The van der Waals surface area contributed by atoms with Crippen molar-refractivity contribution in [1.82, 2.24) is 5.43 Å². The second-order valence-corrected chi connectivity index (χ2v) is 3.86. The van der Waals surface area contributed by atoms with Crippen LogP contribution in [0.4, 0.5) is 5.69 Å². The van der Waals surface area contributed by atoms with E-state index in [9.17, 15) is 14.9 Å². The zero-order valence-corrected chi connectivity index (χ0v) is 11.0. The number of furan rings is 1. The van der Waals surface area contributed by atoms with E-state index in [0.717, 1.165) is 6.07 Å². The van der Waals surface area contributed by atoms with Crippen LogP contribution in [-0.2, 0) is 0 Å². The van der Waals surface area contributed by atoms with E-state index in [-0.39, 0.29) is 17.0 Å². The average molecular weight is 289 g/mol. The monoisotopic (exact) mass is 289 g/mol. The number of amides is 1. The van der Waals surface area contributed by atoms with Gasteiger partial charge in [-0.25, -0.2) is 5.43 Å². The summed E-state index contributed by atoms with van der Waals surface area (Å²) in [7, 11) is 1.37. The molecule has 1 heterocycles. The number of hydrogen-bond donors (Lipinski definition) is 1. The Kier molecular flexibility index (Phi) is 4.30. The number of ether oxygens (including phenoxy) is 1. The van der Waals surface area contributed by atoms with Gasteiger partial charge in [-0.15, -0.1) is 0 Å². The number of nitrogens with one attached hydrogen (secondary N) is 1. The normalized spacial score (nSPS) is 10.5. The third-order valence-electron chi connectivity index (χ3n) is 2.54. The molecule has 0 unspecified atom stereocenters. The minimum atomic E-state index is -0.627. The molecule has 8 nitrogen and oxygen atoms in total. The number of benzene rings is 1. The zero-order valence-electron chi connectivity index (χ0n) is 11.0. The predicted molar refractivity (Wildman–Crippen MR) is 73.4 cm³/mol. The number of nitrogens with zero attached hydrogens (tertiary/aromatic N) is 2. The number of carbonyl (C=O) groups is 1. The number of nitro groups is 1. The van der Waals surface area contributed by atoms with Crippen LogP contribution in [0.3, 0.4) is 0 Å². The molecule has 21 heavy (non-hydrogen) atoms. The van der Waals surface area contributed by atoms with Crippen LogP contribution >= 0.6 is 0 Å². The van der Waals surface area contributed by atoms with Crippen LogP contribution in [-0.4, -0.2) is 24.2 Å². The Bertz CT molecular complexity index is 679. The summed E-state index contributed by atoms with van der Waals surface area (Å²) in [4.78, 5) is 22.1. The number of rotatable bonds is 5. The van der Waals surface area contributed by atoms with E-state index < -0.39 is 10.8 Å². The lowest BCUT2D eigenvalue weighted by Crippen LogP contribution is -2.18. The molecule has 0 aliphatic carbocycles. The Morgan fingerprint density at radius 3 is 2.90 bits per heavy atom. The summed E-state index contributed by atoms with van der Waals surface area (Å²) < 4.78 is 10.0. The van der Waals surface area contributed by atoms with E-state index in [1.54, 1.807) is 12.1 Å². The van der Waals surface area contributed by atoms with Crippen LogP contribution in [0, 0.1) is 10.1 Å². The summed E-state index contributed by atoms with van der Waals surface area (Å²) in [6.45, 7) is 0. The highest BCUT2D eigenvalue weighted by Crippen LogP contribution is 2.23. The Labute approximate surface area is 119 Å². The van der Waals surface area contributed by atoms with E-state index in [4.69, 9.17) is 9.15 Å². The minimum Gasteiger partial charge on any atom is -0.496 e. The van der Waals surface area contributed by atoms with Gasteiger partial charge in [0.25, 0.3) is 11.6 Å². The fraction of sp³-hybridized carbons (Fsp3) is 0.0769. The van der Waals surface area contributed by atoms with Crippen molar-refractivity contribution < 1.29 is 18.9 Å². The molecule has 1 N–H and O–H groups in total. The van der Waals surface area contributed by atoms with Gasteiger partial charge in [-0.1, -0.05) is 0 Å². The lowest BCUT2D eigenvalue weighted by Gasteiger charge is -2.06.